The SMILES string of the molecule is CCC(N)c1cccc(S(=O)(=O)N(CC)CC2CCC2)c1. The summed E-state index contributed by atoms with van der Waals surface area (Å²) in [6.45, 7) is 5.06. The summed E-state index contributed by atoms with van der Waals surface area (Å²) in [6.07, 6.45) is 4.31. The quantitative estimate of drug-likeness (QED) is 0.842. The lowest BCUT2D eigenvalue weighted by atomic mass is 9.85. The maximum atomic E-state index is 12.8. The van der Waals surface area contributed by atoms with E-state index in [-0.39, 0.29) is 6.04 Å². The van der Waals surface area contributed by atoms with Crippen molar-refractivity contribution in [2.75, 3.05) is 13.1 Å². The molecule has 1 atom stereocenters. The minimum Gasteiger partial charge on any atom is -0.324 e. The Hall–Kier alpha value is -0.910. The molecule has 1 saturated carbocycles. The fraction of sp³-hybridized carbons (Fsp3) is 0.625. The standard InChI is InChI=1S/C16H26N2O2S/c1-3-16(17)14-9-6-10-15(11-14)21(19,20)18(4-2)12-13-7-5-8-13/h6,9-11,13,16H,3-5,7-8,12,17H2,1-2H3. The van der Waals surface area contributed by atoms with Crippen LogP contribution in [0, 0.1) is 5.92 Å². The molecule has 2 N–H and O–H groups in total. The van der Waals surface area contributed by atoms with Crippen molar-refractivity contribution < 1.29 is 8.42 Å². The van der Waals surface area contributed by atoms with Gasteiger partial charge in [0.25, 0.3) is 0 Å². The molecule has 1 aromatic rings. The predicted molar refractivity (Wildman–Crippen MR) is 85.4 cm³/mol. The van der Waals surface area contributed by atoms with Gasteiger partial charge in [-0.15, -0.1) is 0 Å². The van der Waals surface area contributed by atoms with Gasteiger partial charge < -0.3 is 5.73 Å². The highest BCUT2D eigenvalue weighted by Crippen LogP contribution is 2.29. The normalized spacial score (nSPS) is 17.7. The van der Waals surface area contributed by atoms with Gasteiger partial charge in [-0.3, -0.25) is 0 Å². The highest BCUT2D eigenvalue weighted by atomic mass is 32.2. The number of nitrogens with two attached hydrogens (primary N) is 1. The third-order valence-corrected chi connectivity index (χ3v) is 6.34. The van der Waals surface area contributed by atoms with Crippen LogP contribution in [0.2, 0.25) is 0 Å². The van der Waals surface area contributed by atoms with Gasteiger partial charge in [-0.2, -0.15) is 4.31 Å². The second kappa shape index (κ2) is 6.90. The van der Waals surface area contributed by atoms with Crippen LogP contribution in [-0.4, -0.2) is 25.8 Å². The van der Waals surface area contributed by atoms with Crippen molar-refractivity contribution in [3.8, 4) is 0 Å². The molecule has 0 amide bonds. The van der Waals surface area contributed by atoms with Crippen molar-refractivity contribution in [2.24, 2.45) is 11.7 Å². The summed E-state index contributed by atoms with van der Waals surface area (Å²) in [7, 11) is -3.41. The van der Waals surface area contributed by atoms with Gasteiger partial charge in [0, 0.05) is 19.1 Å². The molecule has 0 bridgehead atoms. The molecule has 0 aromatic heterocycles. The summed E-state index contributed by atoms with van der Waals surface area (Å²) in [5.74, 6) is 0.529. The molecule has 4 nitrogen and oxygen atoms in total. The average Bonchev–Trinajstić information content (AvgIpc) is 2.45. The molecular weight excluding hydrogens is 284 g/mol. The summed E-state index contributed by atoms with van der Waals surface area (Å²) >= 11 is 0. The first-order valence-electron chi connectivity index (χ1n) is 7.84. The summed E-state index contributed by atoms with van der Waals surface area (Å²) < 4.78 is 27.2. The van der Waals surface area contributed by atoms with E-state index in [1.54, 1.807) is 22.5 Å². The summed E-state index contributed by atoms with van der Waals surface area (Å²) in [5.41, 5.74) is 6.91. The maximum Gasteiger partial charge on any atom is 0.243 e. The van der Waals surface area contributed by atoms with E-state index in [2.05, 4.69) is 0 Å². The van der Waals surface area contributed by atoms with E-state index in [0.29, 0.717) is 23.9 Å². The molecule has 0 aliphatic heterocycles. The Balaban J connectivity index is 2.24. The highest BCUT2D eigenvalue weighted by Gasteiger charge is 2.28. The van der Waals surface area contributed by atoms with Gasteiger partial charge in [0.2, 0.25) is 10.0 Å². The Morgan fingerprint density at radius 3 is 2.57 bits per heavy atom. The van der Waals surface area contributed by atoms with Crippen molar-refractivity contribution in [1.82, 2.24) is 4.31 Å². The molecular formula is C16H26N2O2S. The molecule has 2 rings (SSSR count). The predicted octanol–water partition coefficient (Wildman–Crippen LogP) is 2.91. The molecule has 1 aliphatic rings. The van der Waals surface area contributed by atoms with Crippen molar-refractivity contribution in [2.45, 2.75) is 50.5 Å². The molecule has 0 spiro atoms. The summed E-state index contributed by atoms with van der Waals surface area (Å²) in [4.78, 5) is 0.366. The van der Waals surface area contributed by atoms with E-state index in [9.17, 15) is 8.42 Å². The number of benzene rings is 1. The van der Waals surface area contributed by atoms with E-state index in [1.165, 1.54) is 6.42 Å². The van der Waals surface area contributed by atoms with Crippen LogP contribution in [0.25, 0.3) is 0 Å². The van der Waals surface area contributed by atoms with Gasteiger partial charge in [-0.25, -0.2) is 8.42 Å². The van der Waals surface area contributed by atoms with Gasteiger partial charge in [0.1, 0.15) is 0 Å². The van der Waals surface area contributed by atoms with Crippen LogP contribution >= 0.6 is 0 Å². The molecule has 1 fully saturated rings. The Kier molecular flexibility index (Phi) is 5.41. The lowest BCUT2D eigenvalue weighted by Crippen LogP contribution is -2.37. The first-order chi connectivity index (χ1) is 9.98. The number of sulfonamides is 1. The lowest BCUT2D eigenvalue weighted by Gasteiger charge is -2.31. The van der Waals surface area contributed by atoms with E-state index >= 15 is 0 Å². The molecule has 1 unspecified atom stereocenters. The topological polar surface area (TPSA) is 63.4 Å². The molecule has 0 radical (unpaired) electrons. The summed E-state index contributed by atoms with van der Waals surface area (Å²) in [5, 5.41) is 0. The Labute approximate surface area is 128 Å². The molecule has 118 valence electrons. The number of nitrogens with zero attached hydrogens (tertiary/aromatic N) is 1. The zero-order chi connectivity index (χ0) is 15.5. The van der Waals surface area contributed by atoms with Gasteiger partial charge in [0.15, 0.2) is 0 Å². The van der Waals surface area contributed by atoms with Crippen molar-refractivity contribution in [1.29, 1.82) is 0 Å². The first-order valence-corrected chi connectivity index (χ1v) is 9.28. The van der Waals surface area contributed by atoms with Crippen LogP contribution in [-0.2, 0) is 10.0 Å². The lowest BCUT2D eigenvalue weighted by molar-refractivity contribution is 0.250. The smallest absolute Gasteiger partial charge is 0.243 e. The third kappa shape index (κ3) is 3.65. The van der Waals surface area contributed by atoms with Gasteiger partial charge in [-0.1, -0.05) is 32.4 Å². The zero-order valence-electron chi connectivity index (χ0n) is 13.0. The Morgan fingerprint density at radius 2 is 2.05 bits per heavy atom. The first kappa shape index (κ1) is 16.5. The zero-order valence-corrected chi connectivity index (χ0v) is 13.8. The fourth-order valence-electron chi connectivity index (χ4n) is 2.65. The third-order valence-electron chi connectivity index (χ3n) is 4.40. The largest absolute Gasteiger partial charge is 0.324 e. The van der Waals surface area contributed by atoms with Crippen molar-refractivity contribution >= 4 is 10.0 Å². The van der Waals surface area contributed by atoms with E-state index in [1.807, 2.05) is 19.9 Å². The Morgan fingerprint density at radius 1 is 1.33 bits per heavy atom. The second-order valence-corrected chi connectivity index (χ2v) is 7.78. The van der Waals surface area contributed by atoms with Gasteiger partial charge in [-0.05, 0) is 42.9 Å². The summed E-state index contributed by atoms with van der Waals surface area (Å²) in [6, 6.07) is 6.98. The number of hydrogen-bond donors (Lipinski definition) is 1. The molecule has 1 aromatic carbocycles. The van der Waals surface area contributed by atoms with Crippen LogP contribution in [0.3, 0.4) is 0 Å². The van der Waals surface area contributed by atoms with Crippen LogP contribution in [0.4, 0.5) is 0 Å². The van der Waals surface area contributed by atoms with Gasteiger partial charge in [0.05, 0.1) is 4.90 Å². The average molecular weight is 310 g/mol. The van der Waals surface area contributed by atoms with Gasteiger partial charge >= 0.3 is 0 Å². The second-order valence-electron chi connectivity index (χ2n) is 5.84. The molecule has 5 heteroatoms. The van der Waals surface area contributed by atoms with Crippen LogP contribution in [0.15, 0.2) is 29.2 Å². The molecule has 0 saturated heterocycles. The highest BCUT2D eigenvalue weighted by molar-refractivity contribution is 7.89. The van der Waals surface area contributed by atoms with Crippen LogP contribution < -0.4 is 5.73 Å². The Bertz CT molecular complexity index is 567. The van der Waals surface area contributed by atoms with Crippen LogP contribution in [0.1, 0.15) is 51.1 Å². The molecule has 1 aliphatic carbocycles. The number of rotatable bonds is 7. The van der Waals surface area contributed by atoms with Crippen molar-refractivity contribution in [3.63, 3.8) is 0 Å². The van der Waals surface area contributed by atoms with E-state index < -0.39 is 10.0 Å². The van der Waals surface area contributed by atoms with Crippen molar-refractivity contribution in [3.05, 3.63) is 29.8 Å². The molecule has 0 heterocycles. The fourth-order valence-corrected chi connectivity index (χ4v) is 4.23. The minimum absolute atomic E-state index is 0.109. The maximum absolute atomic E-state index is 12.8. The monoisotopic (exact) mass is 310 g/mol. The number of hydrogen-bond acceptors (Lipinski definition) is 3. The van der Waals surface area contributed by atoms with Crippen LogP contribution in [0.5, 0.6) is 0 Å². The van der Waals surface area contributed by atoms with E-state index in [0.717, 1.165) is 24.8 Å². The molecule has 21 heavy (non-hydrogen) atoms. The van der Waals surface area contributed by atoms with E-state index in [4.69, 9.17) is 5.73 Å². The minimum atomic E-state index is -3.41.